The van der Waals surface area contributed by atoms with Crippen molar-refractivity contribution < 1.29 is 4.74 Å². The molecule has 0 amide bonds. The van der Waals surface area contributed by atoms with E-state index in [-0.39, 0.29) is 0 Å². The summed E-state index contributed by atoms with van der Waals surface area (Å²) in [6.07, 6.45) is 1.72. The Hall–Kier alpha value is -3.74. The van der Waals surface area contributed by atoms with Gasteiger partial charge >= 0.3 is 0 Å². The molecule has 0 atom stereocenters. The Labute approximate surface area is 156 Å². The topological polar surface area (TPSA) is 76.7 Å². The van der Waals surface area contributed by atoms with Crippen LogP contribution in [-0.2, 0) is 6.61 Å². The molecule has 0 aliphatic rings. The van der Waals surface area contributed by atoms with Crippen molar-refractivity contribution in [1.82, 2.24) is 19.8 Å². The van der Waals surface area contributed by atoms with E-state index in [4.69, 9.17) is 4.74 Å². The SMILES string of the molecule is Cc1nnc2ccc(N/N=C/c3cccc(OCc4ccccc4)c3)nn12. The van der Waals surface area contributed by atoms with Gasteiger partial charge in [0.05, 0.1) is 6.21 Å². The number of aryl methyl sites for hydroxylation is 1. The predicted octanol–water partition coefficient (Wildman–Crippen LogP) is 3.46. The molecule has 0 fully saturated rings. The van der Waals surface area contributed by atoms with Crippen molar-refractivity contribution >= 4 is 17.7 Å². The van der Waals surface area contributed by atoms with Crippen molar-refractivity contribution in [3.05, 3.63) is 83.7 Å². The van der Waals surface area contributed by atoms with Gasteiger partial charge in [-0.3, -0.25) is 5.43 Å². The monoisotopic (exact) mass is 358 g/mol. The number of hydrogen-bond donors (Lipinski definition) is 1. The molecule has 4 rings (SSSR count). The van der Waals surface area contributed by atoms with Gasteiger partial charge in [0, 0.05) is 0 Å². The van der Waals surface area contributed by atoms with Crippen molar-refractivity contribution in [2.24, 2.45) is 5.10 Å². The molecule has 27 heavy (non-hydrogen) atoms. The molecule has 7 nitrogen and oxygen atoms in total. The Bertz CT molecular complexity index is 1070. The van der Waals surface area contributed by atoms with E-state index < -0.39 is 0 Å². The van der Waals surface area contributed by atoms with Crippen LogP contribution in [0.15, 0.2) is 71.8 Å². The van der Waals surface area contributed by atoms with Crippen LogP contribution in [0, 0.1) is 6.92 Å². The molecule has 0 saturated carbocycles. The first-order valence-electron chi connectivity index (χ1n) is 8.53. The maximum absolute atomic E-state index is 5.84. The maximum Gasteiger partial charge on any atom is 0.178 e. The lowest BCUT2D eigenvalue weighted by Crippen LogP contribution is -2.00. The minimum absolute atomic E-state index is 0.530. The Kier molecular flexibility index (Phi) is 4.74. The summed E-state index contributed by atoms with van der Waals surface area (Å²) in [5.41, 5.74) is 5.67. The van der Waals surface area contributed by atoms with Crippen molar-refractivity contribution in [1.29, 1.82) is 0 Å². The first-order valence-corrected chi connectivity index (χ1v) is 8.53. The van der Waals surface area contributed by atoms with Crippen LogP contribution >= 0.6 is 0 Å². The molecule has 134 valence electrons. The van der Waals surface area contributed by atoms with E-state index in [0.29, 0.717) is 18.1 Å². The highest BCUT2D eigenvalue weighted by Crippen LogP contribution is 2.14. The zero-order valence-corrected chi connectivity index (χ0v) is 14.8. The highest BCUT2D eigenvalue weighted by molar-refractivity contribution is 5.80. The van der Waals surface area contributed by atoms with Crippen LogP contribution in [0.2, 0.25) is 0 Å². The minimum Gasteiger partial charge on any atom is -0.489 e. The number of anilines is 1. The fourth-order valence-electron chi connectivity index (χ4n) is 2.55. The van der Waals surface area contributed by atoms with Crippen molar-refractivity contribution in [3.8, 4) is 5.75 Å². The number of nitrogens with one attached hydrogen (secondary N) is 1. The molecule has 2 aromatic heterocycles. The van der Waals surface area contributed by atoms with Crippen molar-refractivity contribution in [3.63, 3.8) is 0 Å². The van der Waals surface area contributed by atoms with Gasteiger partial charge in [-0.2, -0.15) is 9.62 Å². The van der Waals surface area contributed by atoms with Gasteiger partial charge in [-0.1, -0.05) is 42.5 Å². The van der Waals surface area contributed by atoms with Gasteiger partial charge in [-0.05, 0) is 42.3 Å². The molecule has 7 heteroatoms. The Morgan fingerprint density at radius 1 is 1.04 bits per heavy atom. The zero-order valence-electron chi connectivity index (χ0n) is 14.8. The average Bonchev–Trinajstić information content (AvgIpc) is 3.08. The molecule has 0 bridgehead atoms. The summed E-state index contributed by atoms with van der Waals surface area (Å²) in [6, 6.07) is 21.5. The minimum atomic E-state index is 0.530. The van der Waals surface area contributed by atoms with E-state index in [1.807, 2.05) is 67.6 Å². The van der Waals surface area contributed by atoms with Crippen LogP contribution in [0.5, 0.6) is 5.75 Å². The molecule has 2 aromatic carbocycles. The highest BCUT2D eigenvalue weighted by atomic mass is 16.5. The van der Waals surface area contributed by atoms with E-state index in [1.54, 1.807) is 16.8 Å². The molecule has 0 unspecified atom stereocenters. The third kappa shape index (κ3) is 4.09. The fraction of sp³-hybridized carbons (Fsp3) is 0.100. The second kappa shape index (κ2) is 7.65. The third-order valence-corrected chi connectivity index (χ3v) is 3.92. The second-order valence-electron chi connectivity index (χ2n) is 5.95. The molecule has 4 aromatic rings. The number of hydrazone groups is 1. The van der Waals surface area contributed by atoms with Gasteiger partial charge in [0.25, 0.3) is 0 Å². The highest BCUT2D eigenvalue weighted by Gasteiger charge is 2.02. The number of rotatable bonds is 6. The standard InChI is InChI=1S/C20H18N6O/c1-15-22-24-20-11-10-19(25-26(15)20)23-21-13-17-8-5-9-18(12-17)27-14-16-6-3-2-4-7-16/h2-13H,14H2,1H3,(H,23,25)/b21-13+. The van der Waals surface area contributed by atoms with Gasteiger partial charge in [0.2, 0.25) is 0 Å². The van der Waals surface area contributed by atoms with Gasteiger partial charge in [-0.25, -0.2) is 0 Å². The largest absolute Gasteiger partial charge is 0.489 e. The van der Waals surface area contributed by atoms with Crippen LogP contribution in [0.1, 0.15) is 17.0 Å². The number of aromatic nitrogens is 4. The molecule has 0 spiro atoms. The molecule has 2 heterocycles. The molecule has 1 N–H and O–H groups in total. The summed E-state index contributed by atoms with van der Waals surface area (Å²) in [7, 11) is 0. The van der Waals surface area contributed by atoms with E-state index in [1.165, 1.54) is 0 Å². The molecule has 0 saturated heterocycles. The second-order valence-corrected chi connectivity index (χ2v) is 5.95. The number of hydrogen-bond acceptors (Lipinski definition) is 6. The van der Waals surface area contributed by atoms with Crippen LogP contribution in [0.4, 0.5) is 5.82 Å². The quantitative estimate of drug-likeness (QED) is 0.422. The van der Waals surface area contributed by atoms with Crippen LogP contribution in [0.25, 0.3) is 5.65 Å². The maximum atomic E-state index is 5.84. The van der Waals surface area contributed by atoms with E-state index in [9.17, 15) is 0 Å². The number of fused-ring (bicyclic) bond motifs is 1. The van der Waals surface area contributed by atoms with Crippen LogP contribution in [-0.4, -0.2) is 26.0 Å². The van der Waals surface area contributed by atoms with E-state index in [2.05, 4.69) is 25.8 Å². The van der Waals surface area contributed by atoms with Gasteiger partial charge in [0.15, 0.2) is 17.3 Å². The third-order valence-electron chi connectivity index (χ3n) is 3.92. The fourth-order valence-corrected chi connectivity index (χ4v) is 2.55. The molecule has 0 radical (unpaired) electrons. The lowest BCUT2D eigenvalue weighted by Gasteiger charge is -2.06. The van der Waals surface area contributed by atoms with Crippen molar-refractivity contribution in [2.75, 3.05) is 5.43 Å². The van der Waals surface area contributed by atoms with Gasteiger partial charge in [-0.15, -0.1) is 15.3 Å². The number of nitrogens with zero attached hydrogens (tertiary/aromatic N) is 5. The summed E-state index contributed by atoms with van der Waals surface area (Å²) in [5, 5.41) is 16.6. The Morgan fingerprint density at radius 2 is 1.93 bits per heavy atom. The number of ether oxygens (including phenoxy) is 1. The summed E-state index contributed by atoms with van der Waals surface area (Å²) >= 11 is 0. The molecular weight excluding hydrogens is 340 g/mol. The summed E-state index contributed by atoms with van der Waals surface area (Å²) in [5.74, 6) is 2.13. The normalized spacial score (nSPS) is 11.1. The average molecular weight is 358 g/mol. The summed E-state index contributed by atoms with van der Waals surface area (Å²) < 4.78 is 7.50. The smallest absolute Gasteiger partial charge is 0.178 e. The van der Waals surface area contributed by atoms with Gasteiger partial charge < -0.3 is 4.74 Å². The lowest BCUT2D eigenvalue weighted by molar-refractivity contribution is 0.306. The van der Waals surface area contributed by atoms with Crippen LogP contribution < -0.4 is 10.2 Å². The molecule has 0 aliphatic carbocycles. The van der Waals surface area contributed by atoms with E-state index >= 15 is 0 Å². The Balaban J connectivity index is 1.40. The predicted molar refractivity (Wildman–Crippen MR) is 104 cm³/mol. The molecular formula is C20H18N6O. The number of benzene rings is 2. The summed E-state index contributed by atoms with van der Waals surface area (Å²) in [4.78, 5) is 0. The summed E-state index contributed by atoms with van der Waals surface area (Å²) in [6.45, 7) is 2.38. The Morgan fingerprint density at radius 3 is 2.81 bits per heavy atom. The van der Waals surface area contributed by atoms with Crippen LogP contribution in [0.3, 0.4) is 0 Å². The first kappa shape index (κ1) is 16.7. The van der Waals surface area contributed by atoms with Crippen molar-refractivity contribution in [2.45, 2.75) is 13.5 Å². The van der Waals surface area contributed by atoms with E-state index in [0.717, 1.165) is 22.7 Å². The lowest BCUT2D eigenvalue weighted by atomic mass is 10.2. The van der Waals surface area contributed by atoms with Gasteiger partial charge in [0.1, 0.15) is 12.4 Å². The zero-order chi connectivity index (χ0) is 18.5. The molecule has 0 aliphatic heterocycles. The first-order chi connectivity index (χ1) is 13.3.